The molecule has 0 fully saturated rings. The normalized spacial score (nSPS) is 11.6. The molecule has 3 N–H and O–H groups in total. The quantitative estimate of drug-likeness (QED) is 0.789. The number of hydrogen-bond acceptors (Lipinski definition) is 3. The van der Waals surface area contributed by atoms with Gasteiger partial charge < -0.3 is 15.5 Å². The van der Waals surface area contributed by atoms with Crippen LogP contribution in [0, 0.1) is 0 Å². The van der Waals surface area contributed by atoms with Crippen molar-refractivity contribution in [2.45, 2.75) is 12.6 Å². The van der Waals surface area contributed by atoms with Gasteiger partial charge in [-0.3, -0.25) is 0 Å². The highest BCUT2D eigenvalue weighted by molar-refractivity contribution is 5.85. The zero-order valence-electron chi connectivity index (χ0n) is 10.5. The highest BCUT2D eigenvalue weighted by Gasteiger charge is 2.09. The van der Waals surface area contributed by atoms with Gasteiger partial charge in [-0.25, -0.2) is 0 Å². The minimum Gasteiger partial charge on any atom is -0.508 e. The van der Waals surface area contributed by atoms with Gasteiger partial charge in [-0.15, -0.1) is 12.4 Å². The molecule has 0 radical (unpaired) electrons. The van der Waals surface area contributed by atoms with Gasteiger partial charge in [0.05, 0.1) is 12.6 Å². The fourth-order valence-electron chi connectivity index (χ4n) is 1.83. The Balaban J connectivity index is 0.00000180. The summed E-state index contributed by atoms with van der Waals surface area (Å²) in [5.41, 5.74) is 2.14. The molecule has 0 bridgehead atoms. The highest BCUT2D eigenvalue weighted by Crippen LogP contribution is 2.17. The first kappa shape index (κ1) is 15.5. The summed E-state index contributed by atoms with van der Waals surface area (Å²) in [6.07, 6.45) is 0. The highest BCUT2D eigenvalue weighted by atomic mass is 35.5. The van der Waals surface area contributed by atoms with Gasteiger partial charge in [0.2, 0.25) is 0 Å². The molecule has 102 valence electrons. The second-order valence-corrected chi connectivity index (χ2v) is 4.19. The van der Waals surface area contributed by atoms with Crippen molar-refractivity contribution in [2.75, 3.05) is 6.61 Å². The predicted molar refractivity (Wildman–Crippen MR) is 78.5 cm³/mol. The third-order valence-electron chi connectivity index (χ3n) is 2.87. The molecule has 2 aromatic rings. The van der Waals surface area contributed by atoms with E-state index in [0.29, 0.717) is 6.54 Å². The van der Waals surface area contributed by atoms with Gasteiger partial charge >= 0.3 is 0 Å². The molecule has 0 amide bonds. The van der Waals surface area contributed by atoms with Crippen LogP contribution in [-0.4, -0.2) is 16.8 Å². The zero-order valence-corrected chi connectivity index (χ0v) is 11.3. The molecule has 0 aliphatic heterocycles. The van der Waals surface area contributed by atoms with Gasteiger partial charge in [0.1, 0.15) is 5.75 Å². The van der Waals surface area contributed by atoms with Crippen molar-refractivity contribution in [3.63, 3.8) is 0 Å². The molecule has 2 rings (SSSR count). The van der Waals surface area contributed by atoms with Crippen LogP contribution in [0.3, 0.4) is 0 Å². The van der Waals surface area contributed by atoms with E-state index in [1.165, 1.54) is 5.56 Å². The first-order chi connectivity index (χ1) is 8.79. The molecule has 19 heavy (non-hydrogen) atoms. The monoisotopic (exact) mass is 279 g/mol. The smallest absolute Gasteiger partial charge is 0.115 e. The van der Waals surface area contributed by atoms with E-state index in [0.717, 1.165) is 5.56 Å². The third-order valence-corrected chi connectivity index (χ3v) is 2.87. The minimum atomic E-state index is -0.120. The summed E-state index contributed by atoms with van der Waals surface area (Å²) in [7, 11) is 0. The molecule has 0 saturated carbocycles. The second-order valence-electron chi connectivity index (χ2n) is 4.19. The molecular weight excluding hydrogens is 262 g/mol. The largest absolute Gasteiger partial charge is 0.508 e. The Labute approximate surface area is 119 Å². The number of aliphatic hydroxyl groups excluding tert-OH is 1. The van der Waals surface area contributed by atoms with Crippen LogP contribution < -0.4 is 5.32 Å². The maximum Gasteiger partial charge on any atom is 0.115 e. The number of nitrogens with one attached hydrogen (secondary N) is 1. The lowest BCUT2D eigenvalue weighted by Crippen LogP contribution is -2.23. The number of rotatable bonds is 5. The summed E-state index contributed by atoms with van der Waals surface area (Å²) in [5, 5.41) is 21.9. The molecule has 0 heterocycles. The Morgan fingerprint density at radius 1 is 0.947 bits per heavy atom. The molecule has 4 heteroatoms. The topological polar surface area (TPSA) is 52.5 Å². The Kier molecular flexibility index (Phi) is 6.36. The number of phenols is 1. The minimum absolute atomic E-state index is 0. The summed E-state index contributed by atoms with van der Waals surface area (Å²) < 4.78 is 0. The average Bonchev–Trinajstić information content (AvgIpc) is 2.42. The van der Waals surface area contributed by atoms with Crippen LogP contribution in [0.1, 0.15) is 17.2 Å². The van der Waals surface area contributed by atoms with Gasteiger partial charge in [0.15, 0.2) is 0 Å². The first-order valence-corrected chi connectivity index (χ1v) is 5.96. The van der Waals surface area contributed by atoms with Crippen LogP contribution >= 0.6 is 12.4 Å². The van der Waals surface area contributed by atoms with Crippen LogP contribution in [0.15, 0.2) is 54.6 Å². The van der Waals surface area contributed by atoms with Crippen LogP contribution in [0.4, 0.5) is 0 Å². The zero-order chi connectivity index (χ0) is 12.8. The number of benzene rings is 2. The van der Waals surface area contributed by atoms with E-state index in [4.69, 9.17) is 0 Å². The Morgan fingerprint density at radius 3 is 2.16 bits per heavy atom. The van der Waals surface area contributed by atoms with E-state index in [9.17, 15) is 10.2 Å². The average molecular weight is 280 g/mol. The number of halogens is 1. The van der Waals surface area contributed by atoms with Gasteiger partial charge in [0, 0.05) is 6.54 Å². The fraction of sp³-hybridized carbons (Fsp3) is 0.200. The molecule has 0 aliphatic rings. The summed E-state index contributed by atoms with van der Waals surface area (Å²) in [6.45, 7) is 0.727. The molecule has 3 nitrogen and oxygen atoms in total. The molecule has 1 atom stereocenters. The van der Waals surface area contributed by atoms with E-state index in [2.05, 4.69) is 5.32 Å². The third kappa shape index (κ3) is 4.56. The Bertz CT molecular complexity index is 473. The number of hydrogen-bond donors (Lipinski definition) is 3. The molecule has 0 spiro atoms. The van der Waals surface area contributed by atoms with Crippen molar-refractivity contribution in [2.24, 2.45) is 0 Å². The predicted octanol–water partition coefficient (Wildman–Crippen LogP) is 2.64. The van der Waals surface area contributed by atoms with Gasteiger partial charge in [0.25, 0.3) is 0 Å². The Hall–Kier alpha value is -1.55. The van der Waals surface area contributed by atoms with Gasteiger partial charge in [-0.05, 0) is 23.3 Å². The molecule has 1 unspecified atom stereocenters. The van der Waals surface area contributed by atoms with Crippen molar-refractivity contribution in [3.8, 4) is 5.75 Å². The lowest BCUT2D eigenvalue weighted by Gasteiger charge is -2.16. The SMILES string of the molecule is Cl.OCC(NCc1ccccc1)c1ccc(O)cc1. The Morgan fingerprint density at radius 2 is 1.58 bits per heavy atom. The van der Waals surface area contributed by atoms with Crippen LogP contribution in [-0.2, 0) is 6.54 Å². The van der Waals surface area contributed by atoms with E-state index in [1.54, 1.807) is 12.1 Å². The molecule has 0 aliphatic carbocycles. The summed E-state index contributed by atoms with van der Waals surface area (Å²) >= 11 is 0. The number of phenolic OH excluding ortho intramolecular Hbond substituents is 1. The summed E-state index contributed by atoms with van der Waals surface area (Å²) in [6, 6.07) is 16.8. The fourth-order valence-corrected chi connectivity index (χ4v) is 1.83. The molecule has 2 aromatic carbocycles. The van der Waals surface area contributed by atoms with Gasteiger partial charge in [-0.2, -0.15) is 0 Å². The van der Waals surface area contributed by atoms with Crippen molar-refractivity contribution in [3.05, 3.63) is 65.7 Å². The standard InChI is InChI=1S/C15H17NO2.ClH/c17-11-15(13-6-8-14(18)9-7-13)16-10-12-4-2-1-3-5-12;/h1-9,15-18H,10-11H2;1H. The van der Waals surface area contributed by atoms with Crippen molar-refractivity contribution >= 4 is 12.4 Å². The molecule has 0 saturated heterocycles. The van der Waals surface area contributed by atoms with Gasteiger partial charge in [-0.1, -0.05) is 42.5 Å². The van der Waals surface area contributed by atoms with Crippen molar-refractivity contribution in [1.82, 2.24) is 5.32 Å². The lowest BCUT2D eigenvalue weighted by molar-refractivity contribution is 0.243. The van der Waals surface area contributed by atoms with E-state index >= 15 is 0 Å². The second kappa shape index (κ2) is 7.79. The lowest BCUT2D eigenvalue weighted by atomic mass is 10.1. The van der Waals surface area contributed by atoms with E-state index in [-0.39, 0.29) is 30.8 Å². The number of aliphatic hydroxyl groups is 1. The summed E-state index contributed by atoms with van der Waals surface area (Å²) in [5.74, 6) is 0.235. The van der Waals surface area contributed by atoms with Crippen LogP contribution in [0.5, 0.6) is 5.75 Å². The maximum atomic E-state index is 9.40. The first-order valence-electron chi connectivity index (χ1n) is 5.96. The number of aromatic hydroxyl groups is 1. The van der Waals surface area contributed by atoms with E-state index < -0.39 is 0 Å². The van der Waals surface area contributed by atoms with Crippen molar-refractivity contribution < 1.29 is 10.2 Å². The molecule has 0 aromatic heterocycles. The van der Waals surface area contributed by atoms with Crippen LogP contribution in [0.2, 0.25) is 0 Å². The maximum absolute atomic E-state index is 9.40. The van der Waals surface area contributed by atoms with E-state index in [1.807, 2.05) is 42.5 Å². The molecular formula is C15H18ClNO2. The van der Waals surface area contributed by atoms with Crippen LogP contribution in [0.25, 0.3) is 0 Å². The summed E-state index contributed by atoms with van der Waals surface area (Å²) in [4.78, 5) is 0. The van der Waals surface area contributed by atoms with Crippen molar-refractivity contribution in [1.29, 1.82) is 0 Å².